The second-order valence-corrected chi connectivity index (χ2v) is 5.57. The number of nitrogens with zero attached hydrogens (tertiary/aromatic N) is 2. The molecular formula is C10H5Br2Cl2N3. The molecule has 1 aromatic carbocycles. The molecule has 0 aliphatic rings. The average molecular weight is 398 g/mol. The van der Waals surface area contributed by atoms with Crippen LogP contribution in [-0.2, 0) is 0 Å². The second kappa shape index (κ2) is 5.52. The minimum Gasteiger partial charge on any atom is -0.338 e. The van der Waals surface area contributed by atoms with Crippen LogP contribution in [0, 0.1) is 0 Å². The summed E-state index contributed by atoms with van der Waals surface area (Å²) in [6, 6.07) is 5.42. The molecule has 7 heteroatoms. The summed E-state index contributed by atoms with van der Waals surface area (Å²) in [6.07, 6.45) is 1.58. The van der Waals surface area contributed by atoms with Crippen molar-refractivity contribution in [3.8, 4) is 0 Å². The second-order valence-electron chi connectivity index (χ2n) is 3.08. The standard InChI is InChI=1S/C10H5Br2Cl2N3/c11-6-2-1-5(13)3-8(6)16-9-7(12)4-15-10(14)17-9/h1-4H,(H,15,16,17). The normalized spacial score (nSPS) is 10.4. The molecule has 0 radical (unpaired) electrons. The van der Waals surface area contributed by atoms with Gasteiger partial charge in [0, 0.05) is 15.7 Å². The van der Waals surface area contributed by atoms with Gasteiger partial charge in [0.1, 0.15) is 5.82 Å². The van der Waals surface area contributed by atoms with Crippen LogP contribution >= 0.6 is 55.1 Å². The van der Waals surface area contributed by atoms with Crippen molar-refractivity contribution >= 4 is 66.6 Å². The largest absolute Gasteiger partial charge is 0.338 e. The first kappa shape index (κ1) is 13.1. The summed E-state index contributed by atoms with van der Waals surface area (Å²) in [6.45, 7) is 0. The van der Waals surface area contributed by atoms with Crippen molar-refractivity contribution < 1.29 is 0 Å². The van der Waals surface area contributed by atoms with E-state index in [0.29, 0.717) is 15.3 Å². The number of nitrogens with one attached hydrogen (secondary N) is 1. The van der Waals surface area contributed by atoms with Gasteiger partial charge in [0.05, 0.1) is 10.2 Å². The van der Waals surface area contributed by atoms with Gasteiger partial charge in [0.15, 0.2) is 0 Å². The van der Waals surface area contributed by atoms with Gasteiger partial charge in [0.25, 0.3) is 0 Å². The van der Waals surface area contributed by atoms with Gasteiger partial charge in [0.2, 0.25) is 5.28 Å². The number of halogens is 4. The summed E-state index contributed by atoms with van der Waals surface area (Å²) in [5.74, 6) is 0.577. The molecule has 0 saturated heterocycles. The molecule has 0 aliphatic carbocycles. The molecule has 2 rings (SSSR count). The van der Waals surface area contributed by atoms with Crippen molar-refractivity contribution in [2.24, 2.45) is 0 Å². The van der Waals surface area contributed by atoms with Crippen LogP contribution in [0.1, 0.15) is 0 Å². The third-order valence-electron chi connectivity index (χ3n) is 1.90. The van der Waals surface area contributed by atoms with Crippen LogP contribution in [0.5, 0.6) is 0 Å². The summed E-state index contributed by atoms with van der Waals surface area (Å²) in [7, 11) is 0. The van der Waals surface area contributed by atoms with Crippen molar-refractivity contribution in [2.75, 3.05) is 5.32 Å². The average Bonchev–Trinajstić information content (AvgIpc) is 2.28. The topological polar surface area (TPSA) is 37.8 Å². The van der Waals surface area contributed by atoms with Gasteiger partial charge in [-0.15, -0.1) is 0 Å². The Morgan fingerprint density at radius 3 is 2.65 bits per heavy atom. The highest BCUT2D eigenvalue weighted by atomic mass is 79.9. The lowest BCUT2D eigenvalue weighted by Gasteiger charge is -2.09. The Morgan fingerprint density at radius 1 is 1.12 bits per heavy atom. The molecule has 0 spiro atoms. The van der Waals surface area contributed by atoms with Crippen LogP contribution < -0.4 is 5.32 Å². The van der Waals surface area contributed by atoms with Crippen molar-refractivity contribution in [2.45, 2.75) is 0 Å². The maximum atomic E-state index is 5.92. The molecule has 1 N–H and O–H groups in total. The first-order valence-corrected chi connectivity index (χ1v) is 6.80. The zero-order valence-electron chi connectivity index (χ0n) is 8.22. The van der Waals surface area contributed by atoms with Crippen LogP contribution in [-0.4, -0.2) is 9.97 Å². The van der Waals surface area contributed by atoms with Gasteiger partial charge >= 0.3 is 0 Å². The molecule has 88 valence electrons. The fourth-order valence-corrected chi connectivity index (χ4v) is 2.10. The molecule has 17 heavy (non-hydrogen) atoms. The Morgan fingerprint density at radius 2 is 1.88 bits per heavy atom. The van der Waals surface area contributed by atoms with E-state index in [0.717, 1.165) is 10.2 Å². The van der Waals surface area contributed by atoms with Crippen LogP contribution in [0.2, 0.25) is 10.3 Å². The van der Waals surface area contributed by atoms with Crippen LogP contribution in [0.3, 0.4) is 0 Å². The van der Waals surface area contributed by atoms with Crippen molar-refractivity contribution in [1.29, 1.82) is 0 Å². The third-order valence-corrected chi connectivity index (χ3v) is 3.59. The molecule has 2 aromatic rings. The van der Waals surface area contributed by atoms with Crippen molar-refractivity contribution in [1.82, 2.24) is 9.97 Å². The highest BCUT2D eigenvalue weighted by Gasteiger charge is 2.07. The van der Waals surface area contributed by atoms with Crippen molar-refractivity contribution in [3.05, 3.63) is 43.6 Å². The van der Waals surface area contributed by atoms with Gasteiger partial charge < -0.3 is 5.32 Å². The van der Waals surface area contributed by atoms with E-state index in [-0.39, 0.29) is 5.28 Å². The molecule has 0 bridgehead atoms. The lowest BCUT2D eigenvalue weighted by molar-refractivity contribution is 1.15. The maximum absolute atomic E-state index is 5.92. The zero-order chi connectivity index (χ0) is 12.4. The quantitative estimate of drug-likeness (QED) is 0.720. The van der Waals surface area contributed by atoms with E-state index in [1.165, 1.54) is 0 Å². The molecule has 0 atom stereocenters. The maximum Gasteiger partial charge on any atom is 0.224 e. The molecule has 0 unspecified atom stereocenters. The fourth-order valence-electron chi connectivity index (χ4n) is 1.15. The highest BCUT2D eigenvalue weighted by Crippen LogP contribution is 2.30. The van der Waals surface area contributed by atoms with Gasteiger partial charge in [-0.3, -0.25) is 0 Å². The minimum absolute atomic E-state index is 0.175. The van der Waals surface area contributed by atoms with Crippen LogP contribution in [0.15, 0.2) is 33.3 Å². The predicted molar refractivity (Wildman–Crippen MR) is 77.2 cm³/mol. The first-order valence-electron chi connectivity index (χ1n) is 4.46. The van der Waals surface area contributed by atoms with Gasteiger partial charge in [-0.2, -0.15) is 4.98 Å². The zero-order valence-corrected chi connectivity index (χ0v) is 12.9. The summed E-state index contributed by atoms with van der Waals surface area (Å²) < 4.78 is 1.59. The van der Waals surface area contributed by atoms with E-state index in [1.54, 1.807) is 18.3 Å². The predicted octanol–water partition coefficient (Wildman–Crippen LogP) is 5.05. The Labute approximate surface area is 125 Å². The Kier molecular flexibility index (Phi) is 4.25. The van der Waals surface area contributed by atoms with E-state index in [4.69, 9.17) is 23.2 Å². The van der Waals surface area contributed by atoms with E-state index in [2.05, 4.69) is 47.1 Å². The van der Waals surface area contributed by atoms with Gasteiger partial charge in [-0.05, 0) is 61.7 Å². The monoisotopic (exact) mass is 395 g/mol. The van der Waals surface area contributed by atoms with Gasteiger partial charge in [-0.25, -0.2) is 4.98 Å². The molecule has 0 saturated carbocycles. The van der Waals surface area contributed by atoms with Crippen LogP contribution in [0.4, 0.5) is 11.5 Å². The molecule has 3 nitrogen and oxygen atoms in total. The Hall–Kier alpha value is -0.360. The van der Waals surface area contributed by atoms with Crippen molar-refractivity contribution in [3.63, 3.8) is 0 Å². The third kappa shape index (κ3) is 3.31. The van der Waals surface area contributed by atoms with E-state index in [1.807, 2.05) is 6.07 Å². The minimum atomic E-state index is 0.175. The van der Waals surface area contributed by atoms with E-state index >= 15 is 0 Å². The molecule has 0 aliphatic heterocycles. The SMILES string of the molecule is Clc1ccc(Br)c(Nc2nc(Cl)ncc2Br)c1. The number of rotatable bonds is 2. The summed E-state index contributed by atoms with van der Waals surface area (Å²) in [5.41, 5.74) is 0.799. The molecule has 0 fully saturated rings. The number of anilines is 2. The molecular weight excluding hydrogens is 393 g/mol. The first-order chi connectivity index (χ1) is 8.06. The molecule has 0 amide bonds. The summed E-state index contributed by atoms with van der Waals surface area (Å²) in [5, 5.41) is 3.91. The lowest BCUT2D eigenvalue weighted by Crippen LogP contribution is -1.97. The smallest absolute Gasteiger partial charge is 0.224 e. The summed E-state index contributed by atoms with van der Waals surface area (Å²) >= 11 is 18.4. The summed E-state index contributed by atoms with van der Waals surface area (Å²) in [4.78, 5) is 7.92. The molecule has 1 aromatic heterocycles. The lowest BCUT2D eigenvalue weighted by atomic mass is 10.3. The van der Waals surface area contributed by atoms with Gasteiger partial charge in [-0.1, -0.05) is 11.6 Å². The number of hydrogen-bond acceptors (Lipinski definition) is 3. The van der Waals surface area contributed by atoms with E-state index in [9.17, 15) is 0 Å². The highest BCUT2D eigenvalue weighted by molar-refractivity contribution is 9.11. The Bertz CT molecular complexity index is 514. The number of aromatic nitrogens is 2. The molecule has 1 heterocycles. The van der Waals surface area contributed by atoms with Crippen LogP contribution in [0.25, 0.3) is 0 Å². The number of hydrogen-bond donors (Lipinski definition) is 1. The Balaban J connectivity index is 2.37. The number of benzene rings is 1. The fraction of sp³-hybridized carbons (Fsp3) is 0. The van der Waals surface area contributed by atoms with E-state index < -0.39 is 0 Å².